The number of aromatic nitrogens is 3. The van der Waals surface area contributed by atoms with Crippen LogP contribution in [-0.2, 0) is 4.79 Å². The fourth-order valence-corrected chi connectivity index (χ4v) is 6.56. The van der Waals surface area contributed by atoms with E-state index < -0.39 is 0 Å². The highest BCUT2D eigenvalue weighted by Gasteiger charge is 2.28. The van der Waals surface area contributed by atoms with E-state index in [2.05, 4.69) is 47.3 Å². The first kappa shape index (κ1) is 28.9. The molecule has 4 aromatic rings. The molecule has 2 aliphatic heterocycles. The largest absolute Gasteiger partial charge is 0.369 e. The lowest BCUT2D eigenvalue weighted by Gasteiger charge is -2.35. The number of nitrogens with one attached hydrogen (secondary N) is 1. The Hall–Kier alpha value is -4.24. The van der Waals surface area contributed by atoms with Gasteiger partial charge >= 0.3 is 0 Å². The molecule has 6 rings (SSSR count). The van der Waals surface area contributed by atoms with Crippen molar-refractivity contribution in [2.45, 2.75) is 46.1 Å². The van der Waals surface area contributed by atoms with Crippen molar-refractivity contribution in [3.8, 4) is 11.1 Å². The van der Waals surface area contributed by atoms with Gasteiger partial charge in [-0.1, -0.05) is 37.3 Å². The second kappa shape index (κ2) is 12.2. The molecule has 0 spiro atoms. The predicted octanol–water partition coefficient (Wildman–Crippen LogP) is 5.14. The van der Waals surface area contributed by atoms with Crippen molar-refractivity contribution in [3.05, 3.63) is 76.2 Å². The minimum Gasteiger partial charge on any atom is -0.369 e. The second-order valence-corrected chi connectivity index (χ2v) is 11.9. The van der Waals surface area contributed by atoms with Gasteiger partial charge in [-0.15, -0.1) is 0 Å². The molecule has 2 aliphatic rings. The maximum atomic E-state index is 14.3. The molecular weight excluding hydrogens is 538 g/mol. The molecule has 9 heteroatoms. The minimum absolute atomic E-state index is 0.0796. The minimum atomic E-state index is -0.171. The summed E-state index contributed by atoms with van der Waals surface area (Å²) in [4.78, 5) is 43.3. The summed E-state index contributed by atoms with van der Waals surface area (Å²) in [6, 6.07) is 16.0. The number of benzene rings is 2. The van der Waals surface area contributed by atoms with Gasteiger partial charge in [0.1, 0.15) is 5.65 Å². The Morgan fingerprint density at radius 3 is 2.51 bits per heavy atom. The second-order valence-electron chi connectivity index (χ2n) is 11.9. The van der Waals surface area contributed by atoms with Crippen LogP contribution in [0.4, 0.5) is 17.3 Å². The molecule has 0 bridgehead atoms. The van der Waals surface area contributed by atoms with Crippen LogP contribution in [0.3, 0.4) is 0 Å². The van der Waals surface area contributed by atoms with Gasteiger partial charge in [-0.25, -0.2) is 4.98 Å². The lowest BCUT2D eigenvalue weighted by Crippen LogP contribution is -2.44. The Balaban J connectivity index is 1.40. The van der Waals surface area contributed by atoms with E-state index in [-0.39, 0.29) is 17.5 Å². The quantitative estimate of drug-likeness (QED) is 0.338. The number of nitrogens with zero attached hydrogens (tertiary/aromatic N) is 6. The predicted molar refractivity (Wildman–Crippen MR) is 173 cm³/mol. The molecule has 2 saturated heterocycles. The van der Waals surface area contributed by atoms with E-state index in [0.29, 0.717) is 30.1 Å². The first-order valence-corrected chi connectivity index (χ1v) is 15.4. The van der Waals surface area contributed by atoms with Gasteiger partial charge in [-0.05, 0) is 68.6 Å². The number of rotatable bonds is 6. The number of piperazine rings is 1. The van der Waals surface area contributed by atoms with Crippen molar-refractivity contribution >= 4 is 34.3 Å². The van der Waals surface area contributed by atoms with Gasteiger partial charge < -0.3 is 20.0 Å². The maximum Gasteiger partial charge on any atom is 0.260 e. The maximum absolute atomic E-state index is 14.3. The fourth-order valence-electron chi connectivity index (χ4n) is 6.56. The summed E-state index contributed by atoms with van der Waals surface area (Å²) in [5.74, 6) is 0.557. The van der Waals surface area contributed by atoms with Crippen LogP contribution in [0.5, 0.6) is 0 Å². The zero-order chi connectivity index (χ0) is 30.1. The van der Waals surface area contributed by atoms with Crippen LogP contribution in [0.25, 0.3) is 22.2 Å². The third kappa shape index (κ3) is 5.73. The molecule has 0 saturated carbocycles. The highest BCUT2D eigenvalue weighted by atomic mass is 16.2. The standard InChI is InChI=1S/C34H41N7O2/c1-5-30(42)40-15-9-12-27(22-40)41-32-28(24(3)31(33(41)43)25-10-7-6-8-11-25)21-35-34(37-32)36-26-13-14-29(23(2)20-26)39-18-16-38(4)17-19-39/h6-8,10-11,13-14,20-21,27H,5,9,12,15-19,22H2,1-4H3,(H,35,36,37)/t27-/m0/s1. The van der Waals surface area contributed by atoms with Gasteiger partial charge in [0.2, 0.25) is 11.9 Å². The molecule has 43 heavy (non-hydrogen) atoms. The number of carbonyl (C=O) groups is 1. The Bertz CT molecular complexity index is 1690. The van der Waals surface area contributed by atoms with Gasteiger partial charge in [0.05, 0.1) is 11.6 Å². The zero-order valence-corrected chi connectivity index (χ0v) is 25.6. The van der Waals surface area contributed by atoms with E-state index in [4.69, 9.17) is 9.97 Å². The first-order chi connectivity index (χ1) is 20.8. The van der Waals surface area contributed by atoms with E-state index in [1.165, 1.54) is 11.3 Å². The summed E-state index contributed by atoms with van der Waals surface area (Å²) >= 11 is 0. The number of hydrogen-bond donors (Lipinski definition) is 1. The van der Waals surface area contributed by atoms with Crippen molar-refractivity contribution in [1.82, 2.24) is 24.3 Å². The van der Waals surface area contributed by atoms with E-state index >= 15 is 0 Å². The molecular formula is C34H41N7O2. The van der Waals surface area contributed by atoms with Crippen LogP contribution in [0, 0.1) is 13.8 Å². The zero-order valence-electron chi connectivity index (χ0n) is 25.6. The van der Waals surface area contributed by atoms with Gasteiger partial charge in [0.15, 0.2) is 0 Å². The topological polar surface area (TPSA) is 86.6 Å². The molecule has 9 nitrogen and oxygen atoms in total. The average molecular weight is 580 g/mol. The van der Waals surface area contributed by atoms with Gasteiger partial charge in [-0.3, -0.25) is 14.2 Å². The van der Waals surface area contributed by atoms with Crippen molar-refractivity contribution < 1.29 is 4.79 Å². The molecule has 2 aromatic carbocycles. The molecule has 1 amide bonds. The SMILES string of the molecule is CCC(=O)N1CCC[C@H](n2c(=O)c(-c3ccccc3)c(C)c3cnc(Nc4ccc(N5CCN(C)CC5)c(C)c4)nc32)C1. The van der Waals surface area contributed by atoms with E-state index in [1.807, 2.05) is 59.8 Å². The molecule has 0 radical (unpaired) electrons. The molecule has 224 valence electrons. The van der Waals surface area contributed by atoms with Crippen molar-refractivity contribution in [2.75, 3.05) is 56.5 Å². The van der Waals surface area contributed by atoms with Crippen LogP contribution in [-0.4, -0.2) is 76.6 Å². The Kier molecular flexibility index (Phi) is 8.17. The fraction of sp³-hybridized carbons (Fsp3) is 0.412. The number of aryl methyl sites for hydroxylation is 2. The molecule has 1 N–H and O–H groups in total. The van der Waals surface area contributed by atoms with Crippen molar-refractivity contribution in [1.29, 1.82) is 0 Å². The Morgan fingerprint density at radius 1 is 1.02 bits per heavy atom. The van der Waals surface area contributed by atoms with Gasteiger partial charge in [0.25, 0.3) is 5.56 Å². The summed E-state index contributed by atoms with van der Waals surface area (Å²) in [6.45, 7) is 11.4. The molecule has 2 fully saturated rings. The molecule has 0 unspecified atom stereocenters. The number of hydrogen-bond acceptors (Lipinski definition) is 7. The smallest absolute Gasteiger partial charge is 0.260 e. The first-order valence-electron chi connectivity index (χ1n) is 15.4. The third-order valence-corrected chi connectivity index (χ3v) is 8.98. The van der Waals surface area contributed by atoms with E-state index in [0.717, 1.165) is 67.8 Å². The summed E-state index contributed by atoms with van der Waals surface area (Å²) in [7, 11) is 2.17. The Labute approximate surface area is 253 Å². The van der Waals surface area contributed by atoms with Crippen LogP contribution < -0.4 is 15.8 Å². The number of likely N-dealkylation sites (N-methyl/N-ethyl adjacent to an activating group) is 1. The number of carbonyl (C=O) groups excluding carboxylic acids is 1. The van der Waals surface area contributed by atoms with Crippen LogP contribution in [0.15, 0.2) is 59.5 Å². The van der Waals surface area contributed by atoms with Crippen molar-refractivity contribution in [2.24, 2.45) is 0 Å². The number of amides is 1. The summed E-state index contributed by atoms with van der Waals surface area (Å²) in [5, 5.41) is 4.23. The molecule has 4 heterocycles. The number of pyridine rings is 1. The average Bonchev–Trinajstić information content (AvgIpc) is 3.02. The molecule has 2 aromatic heterocycles. The highest BCUT2D eigenvalue weighted by Crippen LogP contribution is 2.31. The van der Waals surface area contributed by atoms with Crippen molar-refractivity contribution in [3.63, 3.8) is 0 Å². The highest BCUT2D eigenvalue weighted by molar-refractivity contribution is 5.87. The summed E-state index contributed by atoms with van der Waals surface area (Å²) in [5.41, 5.74) is 6.25. The van der Waals surface area contributed by atoms with Crippen LogP contribution in [0.1, 0.15) is 43.4 Å². The lowest BCUT2D eigenvalue weighted by atomic mass is 9.98. The van der Waals surface area contributed by atoms with Gasteiger partial charge in [-0.2, -0.15) is 4.98 Å². The van der Waals surface area contributed by atoms with E-state index in [1.54, 1.807) is 0 Å². The Morgan fingerprint density at radius 2 is 1.79 bits per heavy atom. The normalized spacial score (nSPS) is 17.8. The lowest BCUT2D eigenvalue weighted by molar-refractivity contribution is -0.132. The third-order valence-electron chi connectivity index (χ3n) is 8.98. The molecule has 1 atom stereocenters. The van der Waals surface area contributed by atoms with Crippen LogP contribution >= 0.6 is 0 Å². The molecule has 0 aliphatic carbocycles. The number of likely N-dealkylation sites (tertiary alicyclic amines) is 1. The summed E-state index contributed by atoms with van der Waals surface area (Å²) < 4.78 is 1.83. The van der Waals surface area contributed by atoms with E-state index in [9.17, 15) is 9.59 Å². The number of fused-ring (bicyclic) bond motifs is 1. The number of piperidine rings is 1. The number of anilines is 3. The monoisotopic (exact) mass is 579 g/mol. The van der Waals surface area contributed by atoms with Gasteiger partial charge in [0, 0.05) is 68.6 Å². The van der Waals surface area contributed by atoms with Crippen LogP contribution in [0.2, 0.25) is 0 Å². The summed E-state index contributed by atoms with van der Waals surface area (Å²) in [6.07, 6.45) is 3.92.